The Morgan fingerprint density at radius 2 is 2.00 bits per heavy atom. The van der Waals surface area contributed by atoms with E-state index in [-0.39, 0.29) is 18.3 Å². The van der Waals surface area contributed by atoms with Crippen molar-refractivity contribution in [2.45, 2.75) is 38.7 Å². The van der Waals surface area contributed by atoms with Crippen LogP contribution in [0.4, 0.5) is 4.39 Å². The van der Waals surface area contributed by atoms with Crippen molar-refractivity contribution >= 4 is 17.2 Å². The number of rotatable bonds is 6. The van der Waals surface area contributed by atoms with Gasteiger partial charge in [0.15, 0.2) is 0 Å². The summed E-state index contributed by atoms with van der Waals surface area (Å²) in [7, 11) is 0. The molecule has 128 valence electrons. The zero-order valence-electron chi connectivity index (χ0n) is 13.5. The number of aromatic nitrogens is 1. The maximum absolute atomic E-state index is 12.8. The molecule has 1 aromatic carbocycles. The molecule has 1 aliphatic rings. The third-order valence-corrected chi connectivity index (χ3v) is 5.06. The van der Waals surface area contributed by atoms with Crippen LogP contribution in [0.2, 0.25) is 0 Å². The quantitative estimate of drug-likeness (QED) is 0.852. The molecule has 2 aromatic rings. The number of hydrogen-bond donors (Lipinski definition) is 1. The Labute approximate surface area is 145 Å². The lowest BCUT2D eigenvalue weighted by Gasteiger charge is -2.21. The second-order valence-corrected chi connectivity index (χ2v) is 7.03. The van der Waals surface area contributed by atoms with E-state index in [1.54, 1.807) is 17.5 Å². The van der Waals surface area contributed by atoms with Crippen LogP contribution in [0.1, 0.15) is 47.6 Å². The summed E-state index contributed by atoms with van der Waals surface area (Å²) in [4.78, 5) is 16.5. The number of ether oxygens (including phenoxy) is 1. The average Bonchev–Trinajstić information content (AvgIpc) is 3.09. The van der Waals surface area contributed by atoms with Gasteiger partial charge in [0.1, 0.15) is 28.9 Å². The second kappa shape index (κ2) is 8.24. The standard InChI is InChI=1S/C18H21FN2O2S/c19-14-6-8-15(9-7-14)23-11-17-21-16(12-24-17)18(22)20-10-13-4-2-1-3-5-13/h6-9,12-13H,1-5,10-11H2,(H,20,22). The number of hydrogen-bond acceptors (Lipinski definition) is 4. The van der Waals surface area contributed by atoms with Crippen LogP contribution in [0.25, 0.3) is 0 Å². The van der Waals surface area contributed by atoms with Crippen molar-refractivity contribution < 1.29 is 13.9 Å². The predicted octanol–water partition coefficient (Wildman–Crippen LogP) is 4.17. The van der Waals surface area contributed by atoms with E-state index in [1.165, 1.54) is 55.6 Å². The van der Waals surface area contributed by atoms with Gasteiger partial charge in [0.25, 0.3) is 5.91 Å². The highest BCUT2D eigenvalue weighted by molar-refractivity contribution is 7.09. The first-order valence-corrected chi connectivity index (χ1v) is 9.19. The number of carbonyl (C=O) groups is 1. The SMILES string of the molecule is O=C(NCC1CCCCC1)c1csc(COc2ccc(F)cc2)n1. The van der Waals surface area contributed by atoms with Crippen molar-refractivity contribution in [1.29, 1.82) is 0 Å². The number of carbonyl (C=O) groups excluding carboxylic acids is 1. The van der Waals surface area contributed by atoms with E-state index in [1.807, 2.05) is 0 Å². The summed E-state index contributed by atoms with van der Waals surface area (Å²) in [6.45, 7) is 1.00. The Kier molecular flexibility index (Phi) is 5.80. The van der Waals surface area contributed by atoms with Crippen LogP contribution in [0.5, 0.6) is 5.75 Å². The van der Waals surface area contributed by atoms with Gasteiger partial charge in [-0.25, -0.2) is 9.37 Å². The summed E-state index contributed by atoms with van der Waals surface area (Å²) >= 11 is 1.39. The summed E-state index contributed by atoms with van der Waals surface area (Å²) in [5, 5.41) is 5.46. The van der Waals surface area contributed by atoms with Crippen LogP contribution >= 0.6 is 11.3 Å². The molecular formula is C18H21FN2O2S. The Balaban J connectivity index is 1.47. The van der Waals surface area contributed by atoms with Gasteiger partial charge in [-0.2, -0.15) is 0 Å². The number of benzene rings is 1. The lowest BCUT2D eigenvalue weighted by molar-refractivity contribution is 0.0939. The molecule has 6 heteroatoms. The smallest absolute Gasteiger partial charge is 0.270 e. The van der Waals surface area contributed by atoms with Gasteiger partial charge in [0.2, 0.25) is 0 Å². The number of thiazole rings is 1. The van der Waals surface area contributed by atoms with Gasteiger partial charge in [0.05, 0.1) is 0 Å². The molecule has 0 radical (unpaired) electrons. The zero-order chi connectivity index (χ0) is 16.8. The fourth-order valence-corrected chi connectivity index (χ4v) is 3.56. The Morgan fingerprint density at radius 3 is 2.75 bits per heavy atom. The molecule has 0 unspecified atom stereocenters. The fourth-order valence-electron chi connectivity index (χ4n) is 2.88. The van der Waals surface area contributed by atoms with Crippen LogP contribution in [0, 0.1) is 11.7 Å². The van der Waals surface area contributed by atoms with E-state index in [0.29, 0.717) is 17.4 Å². The highest BCUT2D eigenvalue weighted by Crippen LogP contribution is 2.23. The highest BCUT2D eigenvalue weighted by atomic mass is 32.1. The van der Waals surface area contributed by atoms with Crippen molar-refractivity contribution in [3.05, 3.63) is 46.2 Å². The Bertz CT molecular complexity index is 666. The third kappa shape index (κ3) is 4.77. The minimum absolute atomic E-state index is 0.121. The van der Waals surface area contributed by atoms with E-state index in [2.05, 4.69) is 10.3 Å². The van der Waals surface area contributed by atoms with E-state index < -0.39 is 0 Å². The molecule has 1 heterocycles. The first kappa shape index (κ1) is 16.9. The maximum Gasteiger partial charge on any atom is 0.270 e. The van der Waals surface area contributed by atoms with Gasteiger partial charge >= 0.3 is 0 Å². The lowest BCUT2D eigenvalue weighted by atomic mass is 9.89. The molecule has 1 aliphatic carbocycles. The molecule has 0 aliphatic heterocycles. The van der Waals surface area contributed by atoms with Crippen LogP contribution in [-0.4, -0.2) is 17.4 Å². The summed E-state index contributed by atoms with van der Waals surface area (Å²) in [6.07, 6.45) is 6.25. The van der Waals surface area contributed by atoms with Crippen LogP contribution < -0.4 is 10.1 Å². The summed E-state index contributed by atoms with van der Waals surface area (Å²) in [5.41, 5.74) is 0.438. The van der Waals surface area contributed by atoms with Crippen molar-refractivity contribution in [2.24, 2.45) is 5.92 Å². The third-order valence-electron chi connectivity index (χ3n) is 4.24. The van der Waals surface area contributed by atoms with Crippen LogP contribution in [0.3, 0.4) is 0 Å². The summed E-state index contributed by atoms with van der Waals surface area (Å²) in [5.74, 6) is 0.760. The van der Waals surface area contributed by atoms with Gasteiger partial charge in [0, 0.05) is 11.9 Å². The molecule has 1 aromatic heterocycles. The molecule has 0 bridgehead atoms. The molecule has 0 saturated heterocycles. The van der Waals surface area contributed by atoms with Gasteiger partial charge in [-0.1, -0.05) is 19.3 Å². The first-order chi connectivity index (χ1) is 11.7. The molecule has 1 saturated carbocycles. The topological polar surface area (TPSA) is 51.2 Å². The summed E-state index contributed by atoms with van der Waals surface area (Å²) in [6, 6.07) is 5.84. The zero-order valence-corrected chi connectivity index (χ0v) is 14.3. The average molecular weight is 348 g/mol. The largest absolute Gasteiger partial charge is 0.486 e. The molecule has 1 fully saturated rings. The van der Waals surface area contributed by atoms with Gasteiger partial charge in [-0.3, -0.25) is 4.79 Å². The van der Waals surface area contributed by atoms with E-state index >= 15 is 0 Å². The number of nitrogens with zero attached hydrogens (tertiary/aromatic N) is 1. The minimum Gasteiger partial charge on any atom is -0.486 e. The van der Waals surface area contributed by atoms with Gasteiger partial charge in [-0.15, -0.1) is 11.3 Å². The van der Waals surface area contributed by atoms with Crippen LogP contribution in [-0.2, 0) is 6.61 Å². The molecule has 1 N–H and O–H groups in total. The monoisotopic (exact) mass is 348 g/mol. The Morgan fingerprint density at radius 1 is 1.25 bits per heavy atom. The lowest BCUT2D eigenvalue weighted by Crippen LogP contribution is -2.30. The predicted molar refractivity (Wildman–Crippen MR) is 91.8 cm³/mol. The van der Waals surface area contributed by atoms with Gasteiger partial charge < -0.3 is 10.1 Å². The molecule has 0 atom stereocenters. The highest BCUT2D eigenvalue weighted by Gasteiger charge is 2.16. The van der Waals surface area contributed by atoms with Crippen molar-refractivity contribution in [3.8, 4) is 5.75 Å². The fraction of sp³-hybridized carbons (Fsp3) is 0.444. The molecule has 0 spiro atoms. The number of nitrogens with one attached hydrogen (secondary N) is 1. The normalized spacial score (nSPS) is 15.2. The van der Waals surface area contributed by atoms with Gasteiger partial charge in [-0.05, 0) is 43.0 Å². The first-order valence-electron chi connectivity index (χ1n) is 8.31. The van der Waals surface area contributed by atoms with Crippen molar-refractivity contribution in [2.75, 3.05) is 6.54 Å². The number of amides is 1. The van der Waals surface area contributed by atoms with E-state index in [9.17, 15) is 9.18 Å². The molecule has 24 heavy (non-hydrogen) atoms. The van der Waals surface area contributed by atoms with E-state index in [0.717, 1.165) is 11.6 Å². The number of halogens is 1. The van der Waals surface area contributed by atoms with Crippen molar-refractivity contribution in [1.82, 2.24) is 10.3 Å². The Hall–Kier alpha value is -1.95. The van der Waals surface area contributed by atoms with Crippen LogP contribution in [0.15, 0.2) is 29.6 Å². The second-order valence-electron chi connectivity index (χ2n) is 6.08. The molecular weight excluding hydrogens is 327 g/mol. The van der Waals surface area contributed by atoms with E-state index in [4.69, 9.17) is 4.74 Å². The minimum atomic E-state index is -0.298. The maximum atomic E-state index is 12.8. The van der Waals surface area contributed by atoms with Crippen molar-refractivity contribution in [3.63, 3.8) is 0 Å². The molecule has 1 amide bonds. The molecule has 4 nitrogen and oxygen atoms in total. The summed E-state index contributed by atoms with van der Waals surface area (Å²) < 4.78 is 18.4. The molecule has 3 rings (SSSR count).